The van der Waals surface area contributed by atoms with Gasteiger partial charge >= 0.3 is 0 Å². The van der Waals surface area contributed by atoms with Crippen LogP contribution in [0.4, 0.5) is 10.1 Å². The lowest BCUT2D eigenvalue weighted by Crippen LogP contribution is -2.33. The highest BCUT2D eigenvalue weighted by Crippen LogP contribution is 2.18. The number of halogens is 1. The minimum atomic E-state index is -0.221. The van der Waals surface area contributed by atoms with Crippen LogP contribution in [0.2, 0.25) is 0 Å². The summed E-state index contributed by atoms with van der Waals surface area (Å²) in [4.78, 5) is 13.1. The first-order valence-corrected chi connectivity index (χ1v) is 4.78. The number of hydrogen-bond acceptors (Lipinski definition) is 2. The highest BCUT2D eigenvalue weighted by atomic mass is 19.1. The van der Waals surface area contributed by atoms with Gasteiger partial charge in [0.2, 0.25) is 0 Å². The van der Waals surface area contributed by atoms with E-state index in [0.29, 0.717) is 18.6 Å². The van der Waals surface area contributed by atoms with Crippen molar-refractivity contribution in [3.8, 4) is 0 Å². The monoisotopic (exact) mass is 193 g/mol. The molecule has 2 nitrogen and oxygen atoms in total. The van der Waals surface area contributed by atoms with Crippen LogP contribution in [0.15, 0.2) is 24.3 Å². The second kappa shape index (κ2) is 3.78. The molecule has 1 aromatic carbocycles. The largest absolute Gasteiger partial charge is 0.371 e. The Balaban J connectivity index is 2.08. The highest BCUT2D eigenvalue weighted by molar-refractivity contribution is 5.81. The molecule has 1 aliphatic rings. The van der Waals surface area contributed by atoms with Gasteiger partial charge in [0, 0.05) is 31.6 Å². The molecular formula is C11H12FNO. The minimum Gasteiger partial charge on any atom is -0.371 e. The quantitative estimate of drug-likeness (QED) is 0.679. The summed E-state index contributed by atoms with van der Waals surface area (Å²) < 4.78 is 12.6. The standard InChI is InChI=1S/C11H12FNO/c12-9-1-3-10(4-2-9)13-7-5-11(14)6-8-13/h1-4H,5-8H2. The van der Waals surface area contributed by atoms with E-state index in [0.717, 1.165) is 18.8 Å². The number of ketones is 1. The summed E-state index contributed by atoms with van der Waals surface area (Å²) in [6.07, 6.45) is 1.22. The van der Waals surface area contributed by atoms with Gasteiger partial charge in [-0.25, -0.2) is 4.39 Å². The second-order valence-corrected chi connectivity index (χ2v) is 3.50. The third-order valence-corrected chi connectivity index (χ3v) is 2.51. The number of rotatable bonds is 1. The van der Waals surface area contributed by atoms with Gasteiger partial charge in [-0.1, -0.05) is 0 Å². The Labute approximate surface area is 82.3 Å². The van der Waals surface area contributed by atoms with Gasteiger partial charge in [0.25, 0.3) is 0 Å². The second-order valence-electron chi connectivity index (χ2n) is 3.50. The Kier molecular flexibility index (Phi) is 2.48. The highest BCUT2D eigenvalue weighted by Gasteiger charge is 2.15. The van der Waals surface area contributed by atoms with Crippen LogP contribution in [0, 0.1) is 5.82 Å². The van der Waals surface area contributed by atoms with Crippen molar-refractivity contribution in [2.45, 2.75) is 12.8 Å². The van der Waals surface area contributed by atoms with Crippen LogP contribution < -0.4 is 4.90 Å². The molecular weight excluding hydrogens is 181 g/mol. The van der Waals surface area contributed by atoms with Gasteiger partial charge in [-0.05, 0) is 24.3 Å². The first kappa shape index (κ1) is 9.19. The van der Waals surface area contributed by atoms with Gasteiger partial charge in [0.05, 0.1) is 0 Å². The third kappa shape index (κ3) is 1.92. The number of anilines is 1. The fraction of sp³-hybridized carbons (Fsp3) is 0.364. The fourth-order valence-electron chi connectivity index (χ4n) is 1.67. The Hall–Kier alpha value is -1.38. The summed E-state index contributed by atoms with van der Waals surface area (Å²) in [7, 11) is 0. The Bertz CT molecular complexity index is 324. The van der Waals surface area contributed by atoms with E-state index in [1.54, 1.807) is 12.1 Å². The van der Waals surface area contributed by atoms with Crippen molar-refractivity contribution in [2.24, 2.45) is 0 Å². The number of Topliss-reactive ketones (excluding diaryl/α,β-unsaturated/α-hetero) is 1. The maximum atomic E-state index is 12.6. The van der Waals surface area contributed by atoms with Gasteiger partial charge in [-0.3, -0.25) is 4.79 Å². The molecule has 0 bridgehead atoms. The van der Waals surface area contributed by atoms with Gasteiger partial charge in [-0.2, -0.15) is 0 Å². The maximum Gasteiger partial charge on any atom is 0.136 e. The summed E-state index contributed by atoms with van der Waals surface area (Å²) in [6.45, 7) is 1.51. The van der Waals surface area contributed by atoms with Crippen LogP contribution in [-0.4, -0.2) is 18.9 Å². The zero-order chi connectivity index (χ0) is 9.97. The molecule has 0 aromatic heterocycles. The van der Waals surface area contributed by atoms with Gasteiger partial charge in [0.1, 0.15) is 11.6 Å². The topological polar surface area (TPSA) is 20.3 Å². The number of benzene rings is 1. The first-order valence-electron chi connectivity index (χ1n) is 4.78. The molecule has 14 heavy (non-hydrogen) atoms. The molecule has 1 saturated heterocycles. The number of hydrogen-bond donors (Lipinski definition) is 0. The van der Waals surface area contributed by atoms with Crippen molar-refractivity contribution >= 4 is 11.5 Å². The third-order valence-electron chi connectivity index (χ3n) is 2.51. The van der Waals surface area contributed by atoms with E-state index in [1.807, 2.05) is 0 Å². The zero-order valence-corrected chi connectivity index (χ0v) is 7.87. The minimum absolute atomic E-state index is 0.221. The lowest BCUT2D eigenvalue weighted by atomic mass is 10.1. The van der Waals surface area contributed by atoms with E-state index in [4.69, 9.17) is 0 Å². The maximum absolute atomic E-state index is 12.6. The van der Waals surface area contributed by atoms with Crippen molar-refractivity contribution in [2.75, 3.05) is 18.0 Å². The van der Waals surface area contributed by atoms with Gasteiger partial charge in [-0.15, -0.1) is 0 Å². The van der Waals surface area contributed by atoms with Crippen molar-refractivity contribution in [3.63, 3.8) is 0 Å². The number of carbonyl (C=O) groups is 1. The van der Waals surface area contributed by atoms with Crippen LogP contribution in [-0.2, 0) is 4.79 Å². The number of nitrogens with zero attached hydrogens (tertiary/aromatic N) is 1. The molecule has 1 heterocycles. The van der Waals surface area contributed by atoms with E-state index in [9.17, 15) is 9.18 Å². The SMILES string of the molecule is O=C1CCN(c2ccc(F)cc2)CC1. The summed E-state index contributed by atoms with van der Waals surface area (Å²) in [5, 5.41) is 0. The van der Waals surface area contributed by atoms with E-state index in [-0.39, 0.29) is 5.82 Å². The molecule has 2 rings (SSSR count). The van der Waals surface area contributed by atoms with Crippen molar-refractivity contribution in [3.05, 3.63) is 30.1 Å². The summed E-state index contributed by atoms with van der Waals surface area (Å²) in [6, 6.07) is 6.41. The molecule has 0 radical (unpaired) electrons. The normalized spacial score (nSPS) is 17.2. The van der Waals surface area contributed by atoms with Crippen molar-refractivity contribution in [1.29, 1.82) is 0 Å². The molecule has 3 heteroatoms. The molecule has 1 aliphatic heterocycles. The van der Waals surface area contributed by atoms with E-state index in [2.05, 4.69) is 4.90 Å². The van der Waals surface area contributed by atoms with Crippen molar-refractivity contribution in [1.82, 2.24) is 0 Å². The molecule has 0 unspecified atom stereocenters. The fourth-order valence-corrected chi connectivity index (χ4v) is 1.67. The van der Waals surface area contributed by atoms with E-state index >= 15 is 0 Å². The molecule has 74 valence electrons. The molecule has 0 atom stereocenters. The summed E-state index contributed by atoms with van der Waals surface area (Å²) in [5.41, 5.74) is 0.999. The van der Waals surface area contributed by atoms with Crippen LogP contribution >= 0.6 is 0 Å². The Morgan fingerprint density at radius 1 is 1.07 bits per heavy atom. The smallest absolute Gasteiger partial charge is 0.136 e. The molecule has 0 amide bonds. The van der Waals surface area contributed by atoms with Crippen LogP contribution in [0.25, 0.3) is 0 Å². The molecule has 0 spiro atoms. The number of piperidine rings is 1. The molecule has 1 fully saturated rings. The zero-order valence-electron chi connectivity index (χ0n) is 7.87. The van der Waals surface area contributed by atoms with Crippen LogP contribution in [0.1, 0.15) is 12.8 Å². The van der Waals surface area contributed by atoms with E-state index < -0.39 is 0 Å². The van der Waals surface area contributed by atoms with E-state index in [1.165, 1.54) is 12.1 Å². The van der Waals surface area contributed by atoms with Gasteiger partial charge < -0.3 is 4.90 Å². The lowest BCUT2D eigenvalue weighted by Gasteiger charge is -2.27. The predicted octanol–water partition coefficient (Wildman–Crippen LogP) is 2.00. The average Bonchev–Trinajstić information content (AvgIpc) is 2.21. The van der Waals surface area contributed by atoms with Crippen LogP contribution in [0.3, 0.4) is 0 Å². The predicted molar refractivity (Wildman–Crippen MR) is 52.9 cm³/mol. The van der Waals surface area contributed by atoms with Gasteiger partial charge in [0.15, 0.2) is 0 Å². The summed E-state index contributed by atoms with van der Waals surface area (Å²) in [5.74, 6) is 0.102. The first-order chi connectivity index (χ1) is 6.75. The number of carbonyl (C=O) groups excluding carboxylic acids is 1. The molecule has 0 saturated carbocycles. The molecule has 0 aliphatic carbocycles. The van der Waals surface area contributed by atoms with Crippen molar-refractivity contribution < 1.29 is 9.18 Å². The Morgan fingerprint density at radius 3 is 2.21 bits per heavy atom. The van der Waals surface area contributed by atoms with Crippen LogP contribution in [0.5, 0.6) is 0 Å². The lowest BCUT2D eigenvalue weighted by molar-refractivity contribution is -0.119. The molecule has 0 N–H and O–H groups in total. The average molecular weight is 193 g/mol. The molecule has 1 aromatic rings. The summed E-state index contributed by atoms with van der Waals surface area (Å²) >= 11 is 0. The Morgan fingerprint density at radius 2 is 1.64 bits per heavy atom.